The van der Waals surface area contributed by atoms with Gasteiger partial charge >= 0.3 is 5.97 Å². The van der Waals surface area contributed by atoms with E-state index in [-0.39, 0.29) is 23.4 Å². The molecule has 0 bridgehead atoms. The van der Waals surface area contributed by atoms with Gasteiger partial charge in [0.05, 0.1) is 18.1 Å². The second kappa shape index (κ2) is 7.66. The standard InChI is InChI=1S/C22H22O5/c1-5-25-16-8-6-15(7-9-16)11-19-21(23)20-14(4)10-17(12-18(20)27-19)26-22(24)13(2)3/h6-13H,5H2,1-4H3/b19-11-. The van der Waals surface area contributed by atoms with Gasteiger partial charge in [-0.1, -0.05) is 26.0 Å². The molecule has 0 fully saturated rings. The molecule has 0 saturated heterocycles. The van der Waals surface area contributed by atoms with Gasteiger partial charge in [0.2, 0.25) is 5.78 Å². The van der Waals surface area contributed by atoms with Crippen molar-refractivity contribution in [2.75, 3.05) is 6.61 Å². The minimum Gasteiger partial charge on any atom is -0.494 e. The smallest absolute Gasteiger partial charge is 0.313 e. The molecule has 1 aliphatic heterocycles. The lowest BCUT2D eigenvalue weighted by molar-refractivity contribution is -0.137. The van der Waals surface area contributed by atoms with Crippen molar-refractivity contribution in [2.24, 2.45) is 5.92 Å². The molecule has 0 unspecified atom stereocenters. The molecule has 140 valence electrons. The van der Waals surface area contributed by atoms with Gasteiger partial charge in [0.15, 0.2) is 5.76 Å². The van der Waals surface area contributed by atoms with Crippen molar-refractivity contribution in [1.82, 2.24) is 0 Å². The van der Waals surface area contributed by atoms with Crippen molar-refractivity contribution in [3.8, 4) is 17.2 Å². The number of ether oxygens (including phenoxy) is 3. The lowest BCUT2D eigenvalue weighted by atomic mass is 10.0. The number of rotatable bonds is 5. The van der Waals surface area contributed by atoms with Crippen LogP contribution in [-0.2, 0) is 4.79 Å². The van der Waals surface area contributed by atoms with E-state index in [0.29, 0.717) is 29.2 Å². The van der Waals surface area contributed by atoms with Crippen LogP contribution in [0.3, 0.4) is 0 Å². The van der Waals surface area contributed by atoms with Crippen molar-refractivity contribution >= 4 is 17.8 Å². The van der Waals surface area contributed by atoms with E-state index in [1.807, 2.05) is 31.2 Å². The average molecular weight is 366 g/mol. The second-order valence-corrected chi connectivity index (χ2v) is 6.63. The van der Waals surface area contributed by atoms with Crippen molar-refractivity contribution in [3.05, 3.63) is 58.8 Å². The van der Waals surface area contributed by atoms with Crippen LogP contribution in [-0.4, -0.2) is 18.4 Å². The van der Waals surface area contributed by atoms with E-state index in [9.17, 15) is 9.59 Å². The highest BCUT2D eigenvalue weighted by atomic mass is 16.5. The summed E-state index contributed by atoms with van der Waals surface area (Å²) in [5, 5.41) is 0. The number of allylic oxidation sites excluding steroid dienone is 1. The van der Waals surface area contributed by atoms with Gasteiger partial charge in [-0.2, -0.15) is 0 Å². The maximum atomic E-state index is 12.7. The first-order valence-corrected chi connectivity index (χ1v) is 8.92. The third-order valence-corrected chi connectivity index (χ3v) is 4.12. The maximum Gasteiger partial charge on any atom is 0.313 e. The molecular weight excluding hydrogens is 344 g/mol. The number of benzene rings is 2. The van der Waals surface area contributed by atoms with Gasteiger partial charge in [-0.05, 0) is 49.2 Å². The van der Waals surface area contributed by atoms with Crippen LogP contribution >= 0.6 is 0 Å². The molecular formula is C22H22O5. The highest BCUT2D eigenvalue weighted by molar-refractivity contribution is 6.15. The summed E-state index contributed by atoms with van der Waals surface area (Å²) < 4.78 is 16.5. The lowest BCUT2D eigenvalue weighted by Crippen LogP contribution is -2.14. The fourth-order valence-corrected chi connectivity index (χ4v) is 2.75. The van der Waals surface area contributed by atoms with Gasteiger partial charge in [0.1, 0.15) is 17.2 Å². The van der Waals surface area contributed by atoms with Crippen molar-refractivity contribution in [1.29, 1.82) is 0 Å². The largest absolute Gasteiger partial charge is 0.494 e. The van der Waals surface area contributed by atoms with E-state index in [4.69, 9.17) is 14.2 Å². The van der Waals surface area contributed by atoms with Crippen LogP contribution in [0.2, 0.25) is 0 Å². The predicted octanol–water partition coefficient (Wildman–Crippen LogP) is 4.57. The van der Waals surface area contributed by atoms with Gasteiger partial charge < -0.3 is 14.2 Å². The molecule has 5 heteroatoms. The number of hydrogen-bond acceptors (Lipinski definition) is 5. The summed E-state index contributed by atoms with van der Waals surface area (Å²) in [7, 11) is 0. The SMILES string of the molecule is CCOc1ccc(/C=C2\Oc3cc(OC(=O)C(C)C)cc(C)c3C2=O)cc1. The summed E-state index contributed by atoms with van der Waals surface area (Å²) in [4.78, 5) is 24.5. The third kappa shape index (κ3) is 4.03. The average Bonchev–Trinajstić information content (AvgIpc) is 2.92. The third-order valence-electron chi connectivity index (χ3n) is 4.12. The zero-order valence-corrected chi connectivity index (χ0v) is 15.9. The second-order valence-electron chi connectivity index (χ2n) is 6.63. The predicted molar refractivity (Wildman–Crippen MR) is 102 cm³/mol. The zero-order chi connectivity index (χ0) is 19.6. The van der Waals surface area contributed by atoms with Gasteiger partial charge in [0.25, 0.3) is 0 Å². The van der Waals surface area contributed by atoms with Crippen molar-refractivity contribution in [2.45, 2.75) is 27.7 Å². The Hall–Kier alpha value is -3.08. The van der Waals surface area contributed by atoms with Crippen molar-refractivity contribution in [3.63, 3.8) is 0 Å². The number of carbonyl (C=O) groups is 2. The van der Waals surface area contributed by atoms with Crippen LogP contribution in [0.15, 0.2) is 42.2 Å². The molecule has 0 amide bonds. The fraction of sp³-hybridized carbons (Fsp3) is 0.273. The minimum atomic E-state index is -0.330. The molecule has 3 rings (SSSR count). The molecule has 1 aliphatic rings. The Kier molecular flexibility index (Phi) is 5.31. The Balaban J connectivity index is 1.85. The first-order chi connectivity index (χ1) is 12.9. The van der Waals surface area contributed by atoms with Gasteiger partial charge in [-0.3, -0.25) is 9.59 Å². The minimum absolute atomic E-state index is 0.182. The van der Waals surface area contributed by atoms with Crippen LogP contribution < -0.4 is 14.2 Å². The van der Waals surface area contributed by atoms with E-state index < -0.39 is 0 Å². The first kappa shape index (κ1) is 18.7. The molecule has 2 aromatic carbocycles. The van der Waals surface area contributed by atoms with E-state index >= 15 is 0 Å². The summed E-state index contributed by atoms with van der Waals surface area (Å²) in [5.74, 6) is 1.04. The molecule has 0 aliphatic carbocycles. The summed E-state index contributed by atoms with van der Waals surface area (Å²) in [6.07, 6.45) is 1.69. The van der Waals surface area contributed by atoms with Crippen LogP contribution in [0.25, 0.3) is 6.08 Å². The van der Waals surface area contributed by atoms with E-state index in [0.717, 1.165) is 11.3 Å². The number of carbonyl (C=O) groups excluding carboxylic acids is 2. The topological polar surface area (TPSA) is 61.8 Å². The maximum absolute atomic E-state index is 12.7. The van der Waals surface area contributed by atoms with Crippen LogP contribution in [0.4, 0.5) is 0 Å². The molecule has 27 heavy (non-hydrogen) atoms. The Labute approximate surface area is 158 Å². The number of aryl methyl sites for hydroxylation is 1. The molecule has 2 aromatic rings. The van der Waals surface area contributed by atoms with Crippen LogP contribution in [0.1, 0.15) is 42.3 Å². The number of esters is 1. The van der Waals surface area contributed by atoms with Gasteiger partial charge in [0, 0.05) is 6.07 Å². The van der Waals surface area contributed by atoms with E-state index in [1.54, 1.807) is 39.0 Å². The monoisotopic (exact) mass is 366 g/mol. The lowest BCUT2D eigenvalue weighted by Gasteiger charge is -2.09. The fourth-order valence-electron chi connectivity index (χ4n) is 2.75. The summed E-state index contributed by atoms with van der Waals surface area (Å²) in [6, 6.07) is 10.7. The highest BCUT2D eigenvalue weighted by Crippen LogP contribution is 2.37. The Morgan fingerprint density at radius 2 is 1.85 bits per heavy atom. The summed E-state index contributed by atoms with van der Waals surface area (Å²) in [6.45, 7) is 7.85. The Bertz CT molecular complexity index is 907. The van der Waals surface area contributed by atoms with Gasteiger partial charge in [-0.15, -0.1) is 0 Å². The molecule has 0 N–H and O–H groups in total. The molecule has 0 aromatic heterocycles. The molecule has 1 heterocycles. The highest BCUT2D eigenvalue weighted by Gasteiger charge is 2.30. The number of fused-ring (bicyclic) bond motifs is 1. The van der Waals surface area contributed by atoms with E-state index in [2.05, 4.69) is 0 Å². The van der Waals surface area contributed by atoms with Gasteiger partial charge in [-0.25, -0.2) is 0 Å². The molecule has 0 radical (unpaired) electrons. The molecule has 5 nitrogen and oxygen atoms in total. The van der Waals surface area contributed by atoms with Crippen LogP contribution in [0.5, 0.6) is 17.2 Å². The Morgan fingerprint density at radius 3 is 2.48 bits per heavy atom. The first-order valence-electron chi connectivity index (χ1n) is 8.92. The zero-order valence-electron chi connectivity index (χ0n) is 15.9. The normalized spacial score (nSPS) is 14.3. The number of Topliss-reactive ketones (excluding diaryl/α,β-unsaturated/α-hetero) is 1. The Morgan fingerprint density at radius 1 is 1.15 bits per heavy atom. The quantitative estimate of drug-likeness (QED) is 0.441. The number of ketones is 1. The number of hydrogen-bond donors (Lipinski definition) is 0. The molecule has 0 atom stereocenters. The molecule has 0 spiro atoms. The van der Waals surface area contributed by atoms with Crippen molar-refractivity contribution < 1.29 is 23.8 Å². The summed E-state index contributed by atoms with van der Waals surface area (Å²) in [5.41, 5.74) is 2.04. The van der Waals surface area contributed by atoms with Crippen LogP contribution in [0, 0.1) is 12.8 Å². The summed E-state index contributed by atoms with van der Waals surface area (Å²) >= 11 is 0. The molecule has 0 saturated carbocycles. The van der Waals surface area contributed by atoms with E-state index in [1.165, 1.54) is 0 Å².